The zero-order chi connectivity index (χ0) is 10.8. The van der Waals surface area contributed by atoms with Gasteiger partial charge < -0.3 is 5.32 Å². The fraction of sp³-hybridized carbons (Fsp3) is 0.455. The first-order chi connectivity index (χ1) is 7.31. The molecule has 0 radical (unpaired) electrons. The molecule has 0 saturated carbocycles. The molecule has 2 rings (SSSR count). The number of thiophene rings is 1. The summed E-state index contributed by atoms with van der Waals surface area (Å²) in [6, 6.07) is 0. The third kappa shape index (κ3) is 1.59. The van der Waals surface area contributed by atoms with Gasteiger partial charge in [0.2, 0.25) is 0 Å². The Morgan fingerprint density at radius 2 is 2.27 bits per heavy atom. The highest BCUT2D eigenvalue weighted by Gasteiger charge is 2.23. The quantitative estimate of drug-likeness (QED) is 0.603. The average Bonchev–Trinajstić information content (AvgIpc) is 2.81. The first-order valence-corrected chi connectivity index (χ1v) is 5.89. The molecule has 1 aliphatic carbocycles. The first-order valence-electron chi connectivity index (χ1n) is 5.08. The standard InChI is InChI=1S/C11H15N3S/c1-12-10(13-2)9-7-5-4-6-8(7)15-11(9)14-3/h3-6H2,1-2H3,(H,12,13). The Morgan fingerprint density at radius 3 is 2.87 bits per heavy atom. The van der Waals surface area contributed by atoms with Crippen molar-refractivity contribution in [2.75, 3.05) is 14.1 Å². The number of aliphatic imine (C=N–C) groups is 2. The Kier molecular flexibility index (Phi) is 2.86. The van der Waals surface area contributed by atoms with Crippen LogP contribution in [0.25, 0.3) is 0 Å². The Labute approximate surface area is 94.0 Å². The van der Waals surface area contributed by atoms with Crippen molar-refractivity contribution in [3.63, 3.8) is 0 Å². The zero-order valence-corrected chi connectivity index (χ0v) is 9.95. The largest absolute Gasteiger partial charge is 0.373 e. The summed E-state index contributed by atoms with van der Waals surface area (Å²) in [4.78, 5) is 9.82. The van der Waals surface area contributed by atoms with E-state index in [9.17, 15) is 0 Å². The van der Waals surface area contributed by atoms with Crippen LogP contribution in [0.5, 0.6) is 0 Å². The summed E-state index contributed by atoms with van der Waals surface area (Å²) >= 11 is 1.76. The number of rotatable bonds is 2. The summed E-state index contributed by atoms with van der Waals surface area (Å²) in [5.41, 5.74) is 2.60. The number of nitrogens with one attached hydrogen (secondary N) is 1. The number of nitrogens with zero attached hydrogens (tertiary/aromatic N) is 2. The topological polar surface area (TPSA) is 36.8 Å². The van der Waals surface area contributed by atoms with Crippen molar-refractivity contribution in [2.24, 2.45) is 9.98 Å². The first kappa shape index (κ1) is 10.4. The van der Waals surface area contributed by atoms with Gasteiger partial charge in [-0.25, -0.2) is 0 Å². The second kappa shape index (κ2) is 4.14. The predicted molar refractivity (Wildman–Crippen MR) is 67.1 cm³/mol. The predicted octanol–water partition coefficient (Wildman–Crippen LogP) is 2.16. The lowest BCUT2D eigenvalue weighted by Crippen LogP contribution is -2.20. The molecule has 0 bridgehead atoms. The molecule has 80 valence electrons. The van der Waals surface area contributed by atoms with Gasteiger partial charge in [-0.05, 0) is 31.5 Å². The average molecular weight is 221 g/mol. The number of amidine groups is 1. The van der Waals surface area contributed by atoms with Gasteiger partial charge in [0.05, 0.1) is 5.56 Å². The van der Waals surface area contributed by atoms with Crippen molar-refractivity contribution in [3.05, 3.63) is 16.0 Å². The van der Waals surface area contributed by atoms with Crippen LogP contribution < -0.4 is 5.32 Å². The van der Waals surface area contributed by atoms with Crippen molar-refractivity contribution < 1.29 is 0 Å². The summed E-state index contributed by atoms with van der Waals surface area (Å²) < 4.78 is 0. The van der Waals surface area contributed by atoms with E-state index in [0.717, 1.165) is 17.3 Å². The summed E-state index contributed by atoms with van der Waals surface area (Å²) in [7, 11) is 3.70. The minimum Gasteiger partial charge on any atom is -0.373 e. The second-order valence-electron chi connectivity index (χ2n) is 3.52. The normalized spacial score (nSPS) is 15.2. The molecule has 1 heterocycles. The van der Waals surface area contributed by atoms with Crippen LogP contribution in [0.2, 0.25) is 0 Å². The Hall–Kier alpha value is -1.16. The van der Waals surface area contributed by atoms with Crippen molar-refractivity contribution >= 4 is 28.9 Å². The van der Waals surface area contributed by atoms with E-state index in [4.69, 9.17) is 0 Å². The van der Waals surface area contributed by atoms with Crippen LogP contribution in [-0.2, 0) is 12.8 Å². The number of aryl methyl sites for hydroxylation is 1. The lowest BCUT2D eigenvalue weighted by atomic mass is 10.1. The Morgan fingerprint density at radius 1 is 1.47 bits per heavy atom. The zero-order valence-electron chi connectivity index (χ0n) is 9.13. The van der Waals surface area contributed by atoms with Crippen molar-refractivity contribution in [1.29, 1.82) is 0 Å². The van der Waals surface area contributed by atoms with E-state index in [1.54, 1.807) is 18.4 Å². The van der Waals surface area contributed by atoms with Gasteiger partial charge in [-0.1, -0.05) is 0 Å². The SMILES string of the molecule is C=Nc1sc2c(c1C(=NC)NC)CCC2. The molecule has 1 aliphatic rings. The van der Waals surface area contributed by atoms with E-state index < -0.39 is 0 Å². The second-order valence-corrected chi connectivity index (χ2v) is 4.60. The van der Waals surface area contributed by atoms with Gasteiger partial charge in [0.15, 0.2) is 0 Å². The molecule has 15 heavy (non-hydrogen) atoms. The summed E-state index contributed by atoms with van der Waals surface area (Å²) in [6.45, 7) is 3.63. The van der Waals surface area contributed by atoms with Crippen LogP contribution >= 0.6 is 11.3 Å². The monoisotopic (exact) mass is 221 g/mol. The summed E-state index contributed by atoms with van der Waals surface area (Å²) in [5.74, 6) is 0.928. The molecule has 0 unspecified atom stereocenters. The lowest BCUT2D eigenvalue weighted by molar-refractivity contribution is 0.913. The van der Waals surface area contributed by atoms with Crippen LogP contribution in [0.1, 0.15) is 22.4 Å². The van der Waals surface area contributed by atoms with E-state index in [2.05, 4.69) is 22.0 Å². The number of fused-ring (bicyclic) bond motifs is 1. The molecular weight excluding hydrogens is 206 g/mol. The minimum absolute atomic E-state index is 0.928. The molecule has 0 saturated heterocycles. The Bertz CT molecular complexity index is 418. The molecular formula is C11H15N3S. The van der Waals surface area contributed by atoms with Gasteiger partial charge in [-0.3, -0.25) is 9.98 Å². The van der Waals surface area contributed by atoms with E-state index in [1.165, 1.54) is 28.8 Å². The van der Waals surface area contributed by atoms with Crippen LogP contribution in [0, 0.1) is 0 Å². The van der Waals surface area contributed by atoms with Gasteiger partial charge in [-0.2, -0.15) is 0 Å². The van der Waals surface area contributed by atoms with Gasteiger partial charge >= 0.3 is 0 Å². The van der Waals surface area contributed by atoms with Gasteiger partial charge in [0, 0.05) is 19.0 Å². The van der Waals surface area contributed by atoms with Crippen LogP contribution in [0.15, 0.2) is 9.98 Å². The molecule has 0 spiro atoms. The Balaban J connectivity index is 2.57. The maximum Gasteiger partial charge on any atom is 0.131 e. The smallest absolute Gasteiger partial charge is 0.131 e. The fourth-order valence-corrected chi connectivity index (χ4v) is 3.29. The van der Waals surface area contributed by atoms with E-state index >= 15 is 0 Å². The van der Waals surface area contributed by atoms with Crippen LogP contribution in [0.4, 0.5) is 5.00 Å². The van der Waals surface area contributed by atoms with Crippen LogP contribution in [-0.4, -0.2) is 26.6 Å². The minimum atomic E-state index is 0.928. The van der Waals surface area contributed by atoms with Gasteiger partial charge in [0.1, 0.15) is 10.8 Å². The molecule has 4 heteroatoms. The molecule has 1 N–H and O–H groups in total. The number of hydrogen-bond acceptors (Lipinski definition) is 3. The van der Waals surface area contributed by atoms with E-state index in [0.29, 0.717) is 0 Å². The van der Waals surface area contributed by atoms with Crippen molar-refractivity contribution in [3.8, 4) is 0 Å². The summed E-state index contributed by atoms with van der Waals surface area (Å²) in [5, 5.41) is 4.14. The van der Waals surface area contributed by atoms with Crippen molar-refractivity contribution in [1.82, 2.24) is 5.32 Å². The maximum absolute atomic E-state index is 4.26. The fourth-order valence-electron chi connectivity index (χ4n) is 2.09. The highest BCUT2D eigenvalue weighted by atomic mass is 32.1. The number of hydrogen-bond donors (Lipinski definition) is 1. The molecule has 0 fully saturated rings. The molecule has 3 nitrogen and oxygen atoms in total. The highest BCUT2D eigenvalue weighted by molar-refractivity contribution is 7.16. The van der Waals surface area contributed by atoms with Crippen molar-refractivity contribution in [2.45, 2.75) is 19.3 Å². The summed E-state index contributed by atoms with van der Waals surface area (Å²) in [6.07, 6.45) is 3.59. The third-order valence-corrected chi connectivity index (χ3v) is 3.97. The van der Waals surface area contributed by atoms with Crippen LogP contribution in [0.3, 0.4) is 0 Å². The van der Waals surface area contributed by atoms with Gasteiger partial charge in [0.25, 0.3) is 0 Å². The molecule has 0 atom stereocenters. The highest BCUT2D eigenvalue weighted by Crippen LogP contribution is 2.40. The van der Waals surface area contributed by atoms with E-state index in [1.807, 2.05) is 7.05 Å². The third-order valence-electron chi connectivity index (χ3n) is 2.74. The molecule has 1 aromatic heterocycles. The van der Waals surface area contributed by atoms with E-state index in [-0.39, 0.29) is 0 Å². The lowest BCUT2D eigenvalue weighted by Gasteiger charge is -2.06. The molecule has 1 aromatic rings. The maximum atomic E-state index is 4.26. The molecule has 0 aromatic carbocycles. The van der Waals surface area contributed by atoms with Gasteiger partial charge in [-0.15, -0.1) is 11.3 Å². The molecule has 0 amide bonds. The molecule has 0 aliphatic heterocycles.